The van der Waals surface area contributed by atoms with Gasteiger partial charge in [0.2, 0.25) is 5.95 Å². The maximum atomic E-state index is 13.6. The fourth-order valence-corrected chi connectivity index (χ4v) is 4.19. The maximum Gasteiger partial charge on any atom is 0.267 e. The van der Waals surface area contributed by atoms with Gasteiger partial charge in [-0.3, -0.25) is 9.36 Å². The van der Waals surface area contributed by atoms with E-state index in [-0.39, 0.29) is 34.6 Å². The second kappa shape index (κ2) is 10.3. The van der Waals surface area contributed by atoms with Crippen molar-refractivity contribution in [3.63, 3.8) is 0 Å². The molecule has 0 aliphatic carbocycles. The number of hydrogen-bond acceptors (Lipinski definition) is 9. The molecule has 2 aromatic carbocycles. The van der Waals surface area contributed by atoms with E-state index in [0.29, 0.717) is 52.4 Å². The molecule has 4 rings (SSSR count). The van der Waals surface area contributed by atoms with Gasteiger partial charge in [-0.15, -0.1) is 0 Å². The predicted octanol–water partition coefficient (Wildman–Crippen LogP) is 3.42. The van der Waals surface area contributed by atoms with E-state index in [9.17, 15) is 15.3 Å². The van der Waals surface area contributed by atoms with Gasteiger partial charge in [-0.1, -0.05) is 30.7 Å². The minimum absolute atomic E-state index is 0.0168. The van der Waals surface area contributed by atoms with Gasteiger partial charge >= 0.3 is 0 Å². The molecule has 0 aliphatic rings. The van der Waals surface area contributed by atoms with Crippen LogP contribution >= 0.6 is 11.6 Å². The molecule has 180 valence electrons. The third-order valence-corrected chi connectivity index (χ3v) is 5.99. The molecule has 0 fully saturated rings. The molecular weight excluding hydrogens is 478 g/mol. The van der Waals surface area contributed by atoms with E-state index in [0.717, 1.165) is 0 Å². The summed E-state index contributed by atoms with van der Waals surface area (Å²) in [5.41, 5.74) is 12.7. The predicted molar refractivity (Wildman–Crippen MR) is 139 cm³/mol. The Morgan fingerprint density at radius 3 is 2.64 bits per heavy atom. The molecule has 0 radical (unpaired) electrons. The quantitative estimate of drug-likeness (QED) is 0.344. The lowest BCUT2D eigenvalue weighted by atomic mass is 10.0. The molecule has 0 bridgehead atoms. The molecular formula is C25H22ClN9O. The summed E-state index contributed by atoms with van der Waals surface area (Å²) in [6.45, 7) is 2.50. The lowest BCUT2D eigenvalue weighted by Gasteiger charge is -2.18. The number of nitrogen functional groups attached to an aromatic ring is 2. The second-order valence-corrected chi connectivity index (χ2v) is 8.70. The van der Waals surface area contributed by atoms with Crippen LogP contribution in [-0.4, -0.2) is 26.1 Å². The van der Waals surface area contributed by atoms with E-state index in [1.54, 1.807) is 42.5 Å². The van der Waals surface area contributed by atoms with Crippen LogP contribution in [0.5, 0.6) is 0 Å². The van der Waals surface area contributed by atoms with Gasteiger partial charge in [0, 0.05) is 13.0 Å². The highest BCUT2D eigenvalue weighted by Crippen LogP contribution is 2.23. The van der Waals surface area contributed by atoms with Crippen molar-refractivity contribution in [1.29, 1.82) is 10.5 Å². The Morgan fingerprint density at radius 1 is 1.11 bits per heavy atom. The number of benzene rings is 2. The highest BCUT2D eigenvalue weighted by Gasteiger charge is 2.18. The Kier molecular flexibility index (Phi) is 7.00. The van der Waals surface area contributed by atoms with Gasteiger partial charge < -0.3 is 16.8 Å². The van der Waals surface area contributed by atoms with Crippen molar-refractivity contribution in [2.75, 3.05) is 23.3 Å². The molecule has 4 aromatic rings. The second-order valence-electron chi connectivity index (χ2n) is 8.29. The van der Waals surface area contributed by atoms with Gasteiger partial charge in [0.25, 0.3) is 5.56 Å². The lowest BCUT2D eigenvalue weighted by Crippen LogP contribution is -2.26. The lowest BCUT2D eigenvalue weighted by molar-refractivity contribution is 0.523. The normalized spacial score (nSPS) is 11.6. The average molecular weight is 500 g/mol. The molecule has 2 aromatic heterocycles. The maximum absolute atomic E-state index is 13.6. The molecule has 36 heavy (non-hydrogen) atoms. The SMILES string of the molecule is CC(CCNc1nc(N)nc(N)c1C#N)Cc1nc2cccc(Cl)c2c(=O)n1-c1cccc(C#N)c1. The number of nitrogens with zero attached hydrogens (tertiary/aromatic N) is 6. The topological polar surface area (TPSA) is 172 Å². The van der Waals surface area contributed by atoms with Crippen LogP contribution in [0.25, 0.3) is 16.6 Å². The summed E-state index contributed by atoms with van der Waals surface area (Å²) in [5.74, 6) is 0.894. The third-order valence-electron chi connectivity index (χ3n) is 5.68. The summed E-state index contributed by atoms with van der Waals surface area (Å²) in [4.78, 5) is 26.2. The zero-order chi connectivity index (χ0) is 25.8. The Morgan fingerprint density at radius 2 is 1.89 bits per heavy atom. The number of rotatable bonds is 7. The minimum Gasteiger partial charge on any atom is -0.382 e. The molecule has 1 atom stereocenters. The van der Waals surface area contributed by atoms with Crippen LogP contribution in [0.15, 0.2) is 47.3 Å². The molecule has 10 nitrogen and oxygen atoms in total. The van der Waals surface area contributed by atoms with E-state index in [1.165, 1.54) is 4.57 Å². The smallest absolute Gasteiger partial charge is 0.267 e. The highest BCUT2D eigenvalue weighted by atomic mass is 35.5. The standard InChI is InChI=1S/C25H22ClN9O/c1-14(8-9-31-23-17(13-28)22(29)33-25(30)34-23)10-20-32-19-7-3-6-18(26)21(19)24(36)35(20)16-5-2-4-15(11-16)12-27/h2-7,11,14H,8-10H2,1H3,(H5,29,30,31,33,34). The number of fused-ring (bicyclic) bond motifs is 1. The van der Waals surface area contributed by atoms with Crippen molar-refractivity contribution in [1.82, 2.24) is 19.5 Å². The van der Waals surface area contributed by atoms with Crippen LogP contribution in [0.4, 0.5) is 17.6 Å². The van der Waals surface area contributed by atoms with Gasteiger partial charge in [0.1, 0.15) is 23.3 Å². The van der Waals surface area contributed by atoms with E-state index < -0.39 is 0 Å². The number of nitriles is 2. The van der Waals surface area contributed by atoms with E-state index in [1.807, 2.05) is 13.0 Å². The number of nitrogens with one attached hydrogen (secondary N) is 1. The van der Waals surface area contributed by atoms with Gasteiger partial charge in [0.05, 0.1) is 33.2 Å². The summed E-state index contributed by atoms with van der Waals surface area (Å²) in [6.07, 6.45) is 1.13. The molecule has 0 amide bonds. The fourth-order valence-electron chi connectivity index (χ4n) is 3.94. The summed E-state index contributed by atoms with van der Waals surface area (Å²) in [6, 6.07) is 16.0. The van der Waals surface area contributed by atoms with Crippen LogP contribution in [-0.2, 0) is 6.42 Å². The summed E-state index contributed by atoms with van der Waals surface area (Å²) in [5, 5.41) is 22.4. The van der Waals surface area contributed by atoms with Crippen LogP contribution in [0, 0.1) is 28.6 Å². The number of aromatic nitrogens is 4. The van der Waals surface area contributed by atoms with Crippen LogP contribution in [0.3, 0.4) is 0 Å². The first-order valence-electron chi connectivity index (χ1n) is 11.1. The zero-order valence-electron chi connectivity index (χ0n) is 19.4. The van der Waals surface area contributed by atoms with Crippen molar-refractivity contribution in [3.8, 4) is 17.8 Å². The first-order chi connectivity index (χ1) is 17.3. The van der Waals surface area contributed by atoms with Gasteiger partial charge in [-0.05, 0) is 42.7 Å². The largest absolute Gasteiger partial charge is 0.382 e. The highest BCUT2D eigenvalue weighted by molar-refractivity contribution is 6.35. The van der Waals surface area contributed by atoms with Crippen molar-refractivity contribution in [2.24, 2.45) is 5.92 Å². The first kappa shape index (κ1) is 24.5. The van der Waals surface area contributed by atoms with Gasteiger partial charge in [0.15, 0.2) is 5.82 Å². The van der Waals surface area contributed by atoms with Crippen LogP contribution < -0.4 is 22.3 Å². The summed E-state index contributed by atoms with van der Waals surface area (Å²) < 4.78 is 1.51. The van der Waals surface area contributed by atoms with Crippen molar-refractivity contribution in [2.45, 2.75) is 19.8 Å². The van der Waals surface area contributed by atoms with Crippen LogP contribution in [0.2, 0.25) is 5.02 Å². The molecule has 0 saturated carbocycles. The van der Waals surface area contributed by atoms with Crippen LogP contribution in [0.1, 0.15) is 30.3 Å². The number of hydrogen-bond donors (Lipinski definition) is 3. The van der Waals surface area contributed by atoms with Gasteiger partial charge in [-0.25, -0.2) is 4.98 Å². The molecule has 0 saturated heterocycles. The minimum atomic E-state index is -0.299. The Balaban J connectivity index is 1.64. The summed E-state index contributed by atoms with van der Waals surface area (Å²) >= 11 is 6.35. The average Bonchev–Trinajstić information content (AvgIpc) is 2.84. The molecule has 0 spiro atoms. The first-order valence-corrected chi connectivity index (χ1v) is 11.5. The van der Waals surface area contributed by atoms with Crippen molar-refractivity contribution >= 4 is 40.1 Å². The third kappa shape index (κ3) is 4.90. The number of nitrogens with two attached hydrogens (primary N) is 2. The van der Waals surface area contributed by atoms with Crippen molar-refractivity contribution in [3.05, 3.63) is 74.8 Å². The fraction of sp³-hybridized carbons (Fsp3) is 0.200. The zero-order valence-corrected chi connectivity index (χ0v) is 20.1. The monoisotopic (exact) mass is 499 g/mol. The molecule has 2 heterocycles. The Bertz CT molecular complexity index is 1600. The van der Waals surface area contributed by atoms with E-state index in [2.05, 4.69) is 21.4 Å². The Labute approximate surface area is 211 Å². The molecule has 0 aliphatic heterocycles. The summed E-state index contributed by atoms with van der Waals surface area (Å²) in [7, 11) is 0. The molecule has 5 N–H and O–H groups in total. The van der Waals surface area contributed by atoms with E-state index in [4.69, 9.17) is 28.1 Å². The van der Waals surface area contributed by atoms with E-state index >= 15 is 0 Å². The molecule has 11 heteroatoms. The Hall–Kier alpha value is -4.67. The number of anilines is 3. The van der Waals surface area contributed by atoms with Gasteiger partial charge in [-0.2, -0.15) is 20.5 Å². The molecule has 1 unspecified atom stereocenters. The number of halogens is 1. The van der Waals surface area contributed by atoms with Crippen molar-refractivity contribution < 1.29 is 0 Å².